The van der Waals surface area contributed by atoms with Gasteiger partial charge in [0, 0.05) is 24.1 Å². The molecule has 2 aromatic carbocycles. The van der Waals surface area contributed by atoms with Crippen LogP contribution in [0.4, 0.5) is 5.69 Å². The fourth-order valence-electron chi connectivity index (χ4n) is 1.98. The van der Waals surface area contributed by atoms with Gasteiger partial charge in [-0.3, -0.25) is 4.79 Å². The summed E-state index contributed by atoms with van der Waals surface area (Å²) in [4.78, 5) is 11.8. The van der Waals surface area contributed by atoms with E-state index in [9.17, 15) is 13.2 Å². The monoisotopic (exact) mass is 355 g/mol. The van der Waals surface area contributed by atoms with Crippen molar-refractivity contribution in [3.8, 4) is 6.07 Å². The van der Waals surface area contributed by atoms with Gasteiger partial charge < -0.3 is 5.32 Å². The van der Waals surface area contributed by atoms with E-state index in [2.05, 4.69) is 10.0 Å². The van der Waals surface area contributed by atoms with Gasteiger partial charge in [-0.05, 0) is 29.8 Å². The molecule has 0 heterocycles. The molecule has 0 unspecified atom stereocenters. The Kier molecular flexibility index (Phi) is 6.46. The van der Waals surface area contributed by atoms with E-state index < -0.39 is 10.0 Å². The molecule has 2 N–H and O–H groups in total. The van der Waals surface area contributed by atoms with E-state index in [0.29, 0.717) is 11.3 Å². The van der Waals surface area contributed by atoms with Crippen LogP contribution in [-0.2, 0) is 14.8 Å². The van der Waals surface area contributed by atoms with Crippen molar-refractivity contribution in [1.82, 2.24) is 4.72 Å². The first-order valence-corrected chi connectivity index (χ1v) is 9.06. The molecule has 0 saturated heterocycles. The van der Waals surface area contributed by atoms with Gasteiger partial charge in [-0.1, -0.05) is 36.4 Å². The van der Waals surface area contributed by atoms with E-state index in [1.807, 2.05) is 24.3 Å². The lowest BCUT2D eigenvalue weighted by Gasteiger charge is -2.06. The molecule has 0 aliphatic rings. The highest BCUT2D eigenvalue weighted by atomic mass is 32.2. The number of hydrogen-bond donors (Lipinski definition) is 2. The number of sulfonamides is 1. The van der Waals surface area contributed by atoms with Crippen LogP contribution < -0.4 is 10.0 Å². The number of nitrogens with zero attached hydrogens (tertiary/aromatic N) is 1. The number of nitriles is 1. The molecule has 2 aromatic rings. The summed E-state index contributed by atoms with van der Waals surface area (Å²) in [5.41, 5.74) is 1.70. The fourth-order valence-corrected chi connectivity index (χ4v) is 2.80. The number of nitrogens with one attached hydrogen (secondary N) is 2. The zero-order valence-electron chi connectivity index (χ0n) is 13.3. The number of anilines is 1. The summed E-state index contributed by atoms with van der Waals surface area (Å²) >= 11 is 0. The standard InChI is InChI=1S/C18H17N3O3S/c19-14-16-7-4-8-17(13-16)21-18(22)9-11-20-25(23,24)12-10-15-5-2-1-3-6-15/h1-8,10,12-13,20H,9,11H2,(H,21,22). The Balaban J connectivity index is 1.81. The summed E-state index contributed by atoms with van der Waals surface area (Å²) < 4.78 is 26.1. The van der Waals surface area contributed by atoms with E-state index in [-0.39, 0.29) is 18.9 Å². The van der Waals surface area contributed by atoms with E-state index in [0.717, 1.165) is 11.0 Å². The quantitative estimate of drug-likeness (QED) is 0.797. The van der Waals surface area contributed by atoms with Gasteiger partial charge in [-0.2, -0.15) is 5.26 Å². The SMILES string of the molecule is N#Cc1cccc(NC(=O)CCNS(=O)(=O)C=Cc2ccccc2)c1. The number of carbonyl (C=O) groups excluding carboxylic acids is 1. The van der Waals surface area contributed by atoms with Crippen molar-refractivity contribution in [2.75, 3.05) is 11.9 Å². The largest absolute Gasteiger partial charge is 0.326 e. The molecule has 25 heavy (non-hydrogen) atoms. The molecule has 0 fully saturated rings. The molecule has 0 bridgehead atoms. The normalized spacial score (nSPS) is 11.2. The summed E-state index contributed by atoms with van der Waals surface area (Å²) in [6, 6.07) is 17.5. The fraction of sp³-hybridized carbons (Fsp3) is 0.111. The molecule has 0 aliphatic carbocycles. The van der Waals surface area contributed by atoms with Gasteiger partial charge in [-0.25, -0.2) is 13.1 Å². The van der Waals surface area contributed by atoms with Crippen molar-refractivity contribution in [2.45, 2.75) is 6.42 Å². The first-order valence-electron chi connectivity index (χ1n) is 7.51. The molecular weight excluding hydrogens is 338 g/mol. The summed E-state index contributed by atoms with van der Waals surface area (Å²) in [6.45, 7) is -0.0226. The molecule has 128 valence electrons. The number of amides is 1. The third-order valence-electron chi connectivity index (χ3n) is 3.17. The van der Waals surface area contributed by atoms with Crippen LogP contribution in [0.2, 0.25) is 0 Å². The Labute approximate surface area is 146 Å². The number of benzene rings is 2. The number of hydrogen-bond acceptors (Lipinski definition) is 4. The van der Waals surface area contributed by atoms with E-state index >= 15 is 0 Å². The van der Waals surface area contributed by atoms with Crippen molar-refractivity contribution in [3.05, 3.63) is 71.1 Å². The minimum absolute atomic E-state index is 0.0187. The van der Waals surface area contributed by atoms with Crippen LogP contribution in [0.15, 0.2) is 60.0 Å². The second-order valence-corrected chi connectivity index (χ2v) is 6.79. The predicted octanol–water partition coefficient (Wildman–Crippen LogP) is 2.48. The van der Waals surface area contributed by atoms with Crippen molar-refractivity contribution < 1.29 is 13.2 Å². The van der Waals surface area contributed by atoms with Crippen LogP contribution in [0.1, 0.15) is 17.5 Å². The molecule has 2 rings (SSSR count). The minimum atomic E-state index is -3.61. The molecule has 0 spiro atoms. The van der Waals surface area contributed by atoms with Gasteiger partial charge in [-0.15, -0.1) is 0 Å². The average molecular weight is 355 g/mol. The highest BCUT2D eigenvalue weighted by molar-refractivity contribution is 7.92. The molecule has 7 heteroatoms. The molecule has 1 amide bonds. The van der Waals surface area contributed by atoms with Gasteiger partial charge in [0.25, 0.3) is 0 Å². The first kappa shape index (κ1) is 18.4. The van der Waals surface area contributed by atoms with Crippen molar-refractivity contribution in [1.29, 1.82) is 5.26 Å². The van der Waals surface area contributed by atoms with Gasteiger partial charge in [0.2, 0.25) is 15.9 Å². The summed E-state index contributed by atoms with van der Waals surface area (Å²) in [5, 5.41) is 12.5. The highest BCUT2D eigenvalue weighted by Gasteiger charge is 2.07. The summed E-state index contributed by atoms with van der Waals surface area (Å²) in [5.74, 6) is -0.343. The third-order valence-corrected chi connectivity index (χ3v) is 4.27. The molecule has 0 saturated carbocycles. The maximum Gasteiger partial charge on any atom is 0.233 e. The first-order chi connectivity index (χ1) is 12.0. The van der Waals surface area contributed by atoms with Crippen LogP contribution in [0.25, 0.3) is 6.08 Å². The molecule has 0 aliphatic heterocycles. The maximum atomic E-state index is 11.9. The van der Waals surface area contributed by atoms with Crippen LogP contribution in [-0.4, -0.2) is 20.9 Å². The molecule has 0 aromatic heterocycles. The maximum absolute atomic E-state index is 11.9. The summed E-state index contributed by atoms with van der Waals surface area (Å²) in [7, 11) is -3.61. The predicted molar refractivity (Wildman–Crippen MR) is 96.8 cm³/mol. The molecule has 0 radical (unpaired) electrons. The lowest BCUT2D eigenvalue weighted by Crippen LogP contribution is -2.26. The second-order valence-electron chi connectivity index (χ2n) is 5.14. The van der Waals surface area contributed by atoms with Crippen LogP contribution in [0, 0.1) is 11.3 Å². The zero-order valence-corrected chi connectivity index (χ0v) is 14.2. The number of carbonyl (C=O) groups is 1. The van der Waals surface area contributed by atoms with E-state index in [1.54, 1.807) is 36.4 Å². The molecule has 0 atom stereocenters. The average Bonchev–Trinajstić information content (AvgIpc) is 2.61. The van der Waals surface area contributed by atoms with E-state index in [1.165, 1.54) is 6.08 Å². The Morgan fingerprint density at radius 3 is 2.60 bits per heavy atom. The van der Waals surface area contributed by atoms with Crippen LogP contribution in [0.3, 0.4) is 0 Å². The van der Waals surface area contributed by atoms with Gasteiger partial charge in [0.15, 0.2) is 0 Å². The third kappa shape index (κ3) is 6.59. The van der Waals surface area contributed by atoms with Crippen molar-refractivity contribution in [2.24, 2.45) is 0 Å². The Morgan fingerprint density at radius 2 is 1.88 bits per heavy atom. The Bertz CT molecular complexity index is 901. The Hall–Kier alpha value is -2.95. The number of rotatable bonds is 7. The lowest BCUT2D eigenvalue weighted by molar-refractivity contribution is -0.116. The van der Waals surface area contributed by atoms with E-state index in [4.69, 9.17) is 5.26 Å². The van der Waals surface area contributed by atoms with Crippen LogP contribution >= 0.6 is 0 Å². The smallest absolute Gasteiger partial charge is 0.233 e. The van der Waals surface area contributed by atoms with Crippen LogP contribution in [0.5, 0.6) is 0 Å². The summed E-state index contributed by atoms with van der Waals surface area (Å²) in [6.07, 6.45) is 1.46. The minimum Gasteiger partial charge on any atom is -0.326 e. The van der Waals surface area contributed by atoms with Crippen molar-refractivity contribution >= 4 is 27.7 Å². The molecule has 6 nitrogen and oxygen atoms in total. The highest BCUT2D eigenvalue weighted by Crippen LogP contribution is 2.10. The molecular formula is C18H17N3O3S. The van der Waals surface area contributed by atoms with Crippen molar-refractivity contribution in [3.63, 3.8) is 0 Å². The lowest BCUT2D eigenvalue weighted by atomic mass is 10.2. The second kappa shape index (κ2) is 8.78. The zero-order chi connectivity index (χ0) is 18.1. The van der Waals surface area contributed by atoms with Gasteiger partial charge in [0.05, 0.1) is 11.6 Å². The Morgan fingerprint density at radius 1 is 1.12 bits per heavy atom. The van der Waals surface area contributed by atoms with Gasteiger partial charge in [0.1, 0.15) is 0 Å². The topological polar surface area (TPSA) is 99.1 Å². The van der Waals surface area contributed by atoms with Gasteiger partial charge >= 0.3 is 0 Å².